The molecule has 5 heteroatoms. The lowest BCUT2D eigenvalue weighted by Gasteiger charge is -2.05. The van der Waals surface area contributed by atoms with Crippen LogP contribution in [0.25, 0.3) is 10.2 Å². The fraction of sp³-hybridized carbons (Fsp3) is 0.200. The van der Waals surface area contributed by atoms with Crippen molar-refractivity contribution in [3.05, 3.63) is 51.6 Å². The molecule has 2 heterocycles. The summed E-state index contributed by atoms with van der Waals surface area (Å²) in [6.07, 6.45) is 0.683. The molecule has 0 aliphatic rings. The summed E-state index contributed by atoms with van der Waals surface area (Å²) in [6, 6.07) is 9.93. The average Bonchev–Trinajstić information content (AvgIpc) is 2.78. The third kappa shape index (κ3) is 2.62. The van der Waals surface area contributed by atoms with Crippen LogP contribution in [0.5, 0.6) is 0 Å². The Hall–Kier alpha value is -1.65. The lowest BCUT2D eigenvalue weighted by Crippen LogP contribution is -2.01. The van der Waals surface area contributed by atoms with Gasteiger partial charge in [-0.25, -0.2) is 9.97 Å². The minimum atomic E-state index is 0.683. The molecule has 102 valence electrons. The summed E-state index contributed by atoms with van der Waals surface area (Å²) in [5.74, 6) is 1.70. The quantitative estimate of drug-likeness (QED) is 0.784. The molecular formula is C15H14ClN3S. The molecule has 0 saturated heterocycles. The first-order chi connectivity index (χ1) is 9.65. The molecule has 0 atom stereocenters. The van der Waals surface area contributed by atoms with E-state index in [1.807, 2.05) is 31.3 Å². The molecule has 0 spiro atoms. The Kier molecular flexibility index (Phi) is 3.59. The van der Waals surface area contributed by atoms with Gasteiger partial charge in [-0.1, -0.05) is 23.7 Å². The summed E-state index contributed by atoms with van der Waals surface area (Å²) < 4.78 is 0. The summed E-state index contributed by atoms with van der Waals surface area (Å²) in [4.78, 5) is 11.5. The standard InChI is InChI=1S/C15H14ClN3S/c1-9-6-12-14(17-2)18-13(19-15(12)20-9)8-10-4-3-5-11(16)7-10/h3-7H,8H2,1-2H3,(H,17,18,19). The Morgan fingerprint density at radius 2 is 2.10 bits per heavy atom. The van der Waals surface area contributed by atoms with Crippen LogP contribution < -0.4 is 5.32 Å². The highest BCUT2D eigenvalue weighted by Gasteiger charge is 2.10. The van der Waals surface area contributed by atoms with E-state index in [-0.39, 0.29) is 0 Å². The number of nitrogens with one attached hydrogen (secondary N) is 1. The van der Waals surface area contributed by atoms with E-state index in [1.165, 1.54) is 4.88 Å². The smallest absolute Gasteiger partial charge is 0.138 e. The maximum atomic E-state index is 6.02. The van der Waals surface area contributed by atoms with Crippen molar-refractivity contribution in [2.45, 2.75) is 13.3 Å². The van der Waals surface area contributed by atoms with E-state index in [1.54, 1.807) is 11.3 Å². The van der Waals surface area contributed by atoms with E-state index in [4.69, 9.17) is 11.6 Å². The maximum absolute atomic E-state index is 6.02. The molecule has 1 aromatic carbocycles. The zero-order chi connectivity index (χ0) is 14.1. The van der Waals surface area contributed by atoms with Crippen LogP contribution in [-0.2, 0) is 6.42 Å². The molecule has 0 aliphatic heterocycles. The number of hydrogen-bond donors (Lipinski definition) is 1. The largest absolute Gasteiger partial charge is 0.372 e. The van der Waals surface area contributed by atoms with Gasteiger partial charge in [0.05, 0.1) is 5.39 Å². The molecule has 0 fully saturated rings. The number of aryl methyl sites for hydroxylation is 1. The van der Waals surface area contributed by atoms with Crippen molar-refractivity contribution in [2.75, 3.05) is 12.4 Å². The van der Waals surface area contributed by atoms with Gasteiger partial charge in [0.1, 0.15) is 16.5 Å². The van der Waals surface area contributed by atoms with Gasteiger partial charge in [0.2, 0.25) is 0 Å². The monoisotopic (exact) mass is 303 g/mol. The second kappa shape index (κ2) is 5.38. The fourth-order valence-corrected chi connectivity index (χ4v) is 3.30. The van der Waals surface area contributed by atoms with Gasteiger partial charge in [0, 0.05) is 23.4 Å². The molecule has 3 rings (SSSR count). The Labute approximate surface area is 126 Å². The molecule has 0 aliphatic carbocycles. The number of nitrogens with zero attached hydrogens (tertiary/aromatic N) is 2. The van der Waals surface area contributed by atoms with Crippen molar-refractivity contribution in [3.8, 4) is 0 Å². The number of benzene rings is 1. The van der Waals surface area contributed by atoms with Crippen molar-refractivity contribution >= 4 is 39.0 Å². The van der Waals surface area contributed by atoms with Crippen molar-refractivity contribution in [1.29, 1.82) is 0 Å². The van der Waals surface area contributed by atoms with Crippen LogP contribution in [0.1, 0.15) is 16.3 Å². The van der Waals surface area contributed by atoms with Crippen molar-refractivity contribution < 1.29 is 0 Å². The number of rotatable bonds is 3. The summed E-state index contributed by atoms with van der Waals surface area (Å²) in [5, 5.41) is 4.98. The Balaban J connectivity index is 2.03. The highest BCUT2D eigenvalue weighted by Crippen LogP contribution is 2.28. The second-order valence-electron chi connectivity index (χ2n) is 4.62. The van der Waals surface area contributed by atoms with Crippen LogP contribution in [0, 0.1) is 6.92 Å². The first-order valence-corrected chi connectivity index (χ1v) is 7.54. The summed E-state index contributed by atoms with van der Waals surface area (Å²) in [6.45, 7) is 2.09. The highest BCUT2D eigenvalue weighted by atomic mass is 35.5. The van der Waals surface area contributed by atoms with Crippen LogP contribution >= 0.6 is 22.9 Å². The van der Waals surface area contributed by atoms with Crippen LogP contribution in [0.3, 0.4) is 0 Å². The molecule has 0 unspecified atom stereocenters. The Bertz CT molecular complexity index is 767. The molecule has 0 radical (unpaired) electrons. The molecule has 3 aromatic rings. The zero-order valence-electron chi connectivity index (χ0n) is 11.3. The third-order valence-corrected chi connectivity index (χ3v) is 4.23. The van der Waals surface area contributed by atoms with Crippen LogP contribution in [0.4, 0.5) is 5.82 Å². The van der Waals surface area contributed by atoms with Gasteiger partial charge in [0.15, 0.2) is 0 Å². The van der Waals surface area contributed by atoms with Crippen molar-refractivity contribution in [3.63, 3.8) is 0 Å². The fourth-order valence-electron chi connectivity index (χ4n) is 2.19. The predicted octanol–water partition coefficient (Wildman–Crippen LogP) is 4.29. The lowest BCUT2D eigenvalue weighted by molar-refractivity contribution is 0.998. The number of anilines is 1. The molecule has 0 bridgehead atoms. The SMILES string of the molecule is CNc1nc(Cc2cccc(Cl)c2)nc2sc(C)cc12. The number of hydrogen-bond acceptors (Lipinski definition) is 4. The van der Waals surface area contributed by atoms with Gasteiger partial charge < -0.3 is 5.32 Å². The Morgan fingerprint density at radius 1 is 1.25 bits per heavy atom. The van der Waals surface area contributed by atoms with E-state index < -0.39 is 0 Å². The van der Waals surface area contributed by atoms with E-state index >= 15 is 0 Å². The summed E-state index contributed by atoms with van der Waals surface area (Å²) in [7, 11) is 1.89. The van der Waals surface area contributed by atoms with E-state index in [2.05, 4.69) is 28.3 Å². The number of thiophene rings is 1. The number of aromatic nitrogens is 2. The second-order valence-corrected chi connectivity index (χ2v) is 6.29. The van der Waals surface area contributed by atoms with Gasteiger partial charge in [0.25, 0.3) is 0 Å². The highest BCUT2D eigenvalue weighted by molar-refractivity contribution is 7.18. The van der Waals surface area contributed by atoms with E-state index in [9.17, 15) is 0 Å². The number of fused-ring (bicyclic) bond motifs is 1. The average molecular weight is 304 g/mol. The lowest BCUT2D eigenvalue weighted by atomic mass is 10.1. The van der Waals surface area contributed by atoms with Crippen LogP contribution in [0.2, 0.25) is 5.02 Å². The minimum absolute atomic E-state index is 0.683. The minimum Gasteiger partial charge on any atom is -0.372 e. The normalized spacial score (nSPS) is 10.9. The van der Waals surface area contributed by atoms with E-state index in [0.29, 0.717) is 6.42 Å². The first-order valence-electron chi connectivity index (χ1n) is 6.35. The maximum Gasteiger partial charge on any atom is 0.138 e. The van der Waals surface area contributed by atoms with E-state index in [0.717, 1.165) is 32.4 Å². The molecule has 3 nitrogen and oxygen atoms in total. The zero-order valence-corrected chi connectivity index (χ0v) is 12.8. The van der Waals surface area contributed by atoms with Crippen LogP contribution in [0.15, 0.2) is 30.3 Å². The molecule has 0 saturated carbocycles. The van der Waals surface area contributed by atoms with Crippen molar-refractivity contribution in [1.82, 2.24) is 9.97 Å². The molecule has 2 aromatic heterocycles. The van der Waals surface area contributed by atoms with Gasteiger partial charge in [-0.3, -0.25) is 0 Å². The molecule has 1 N–H and O–H groups in total. The molecule has 20 heavy (non-hydrogen) atoms. The van der Waals surface area contributed by atoms with Gasteiger partial charge >= 0.3 is 0 Å². The summed E-state index contributed by atoms with van der Waals surface area (Å²) >= 11 is 7.71. The van der Waals surface area contributed by atoms with Gasteiger partial charge in [-0.05, 0) is 30.7 Å². The molecule has 0 amide bonds. The van der Waals surface area contributed by atoms with Crippen LogP contribution in [-0.4, -0.2) is 17.0 Å². The first kappa shape index (κ1) is 13.3. The third-order valence-electron chi connectivity index (χ3n) is 3.05. The molecular weight excluding hydrogens is 290 g/mol. The topological polar surface area (TPSA) is 37.8 Å². The van der Waals surface area contributed by atoms with Gasteiger partial charge in [-0.2, -0.15) is 0 Å². The number of halogens is 1. The van der Waals surface area contributed by atoms with Gasteiger partial charge in [-0.15, -0.1) is 11.3 Å². The Morgan fingerprint density at radius 3 is 2.85 bits per heavy atom. The van der Waals surface area contributed by atoms with Crippen molar-refractivity contribution in [2.24, 2.45) is 0 Å². The predicted molar refractivity (Wildman–Crippen MR) is 86.0 cm³/mol. The summed E-state index contributed by atoms with van der Waals surface area (Å²) in [5.41, 5.74) is 1.12.